The highest BCUT2D eigenvalue weighted by molar-refractivity contribution is 4.96. The van der Waals surface area contributed by atoms with Crippen LogP contribution >= 0.6 is 0 Å². The first-order valence-electron chi connectivity index (χ1n) is 6.25. The molecule has 1 aromatic heterocycles. The summed E-state index contributed by atoms with van der Waals surface area (Å²) in [4.78, 5) is 6.81. The summed E-state index contributed by atoms with van der Waals surface area (Å²) in [6.45, 7) is 6.50. The molecule has 2 aliphatic rings. The smallest absolute Gasteiger partial charge is 0.232 e. The molecule has 2 fully saturated rings. The van der Waals surface area contributed by atoms with E-state index in [-0.39, 0.29) is 0 Å². The van der Waals surface area contributed by atoms with Crippen molar-refractivity contribution < 1.29 is 9.26 Å². The molecule has 0 radical (unpaired) electrons. The number of aromatic nitrogens is 2. The van der Waals surface area contributed by atoms with Crippen LogP contribution in [0.3, 0.4) is 0 Å². The zero-order valence-electron chi connectivity index (χ0n) is 9.89. The van der Waals surface area contributed by atoms with E-state index in [4.69, 9.17) is 9.26 Å². The van der Waals surface area contributed by atoms with Gasteiger partial charge in [0.15, 0.2) is 5.82 Å². The first kappa shape index (κ1) is 11.1. The number of ether oxygens (including phenoxy) is 1. The largest absolute Gasteiger partial charge is 0.381 e. The Bertz CT molecular complexity index is 356. The van der Waals surface area contributed by atoms with Gasteiger partial charge in [0.05, 0.1) is 19.1 Å². The van der Waals surface area contributed by atoms with Gasteiger partial charge >= 0.3 is 0 Å². The van der Waals surface area contributed by atoms with E-state index in [9.17, 15) is 0 Å². The topological polar surface area (TPSA) is 63.4 Å². The molecular weight excluding hydrogens is 220 g/mol. The minimum atomic E-state index is 0.305. The summed E-state index contributed by atoms with van der Waals surface area (Å²) in [6.07, 6.45) is 0.995. The summed E-state index contributed by atoms with van der Waals surface area (Å²) in [7, 11) is 0. The van der Waals surface area contributed by atoms with E-state index in [1.807, 2.05) is 0 Å². The maximum atomic E-state index is 5.32. The molecule has 0 aliphatic carbocycles. The van der Waals surface area contributed by atoms with Crippen molar-refractivity contribution >= 4 is 0 Å². The Hall–Kier alpha value is -0.980. The van der Waals surface area contributed by atoms with E-state index in [0.717, 1.165) is 64.1 Å². The van der Waals surface area contributed by atoms with Gasteiger partial charge in [-0.25, -0.2) is 0 Å². The highest BCUT2D eigenvalue weighted by Gasteiger charge is 2.24. The van der Waals surface area contributed by atoms with Gasteiger partial charge in [0.2, 0.25) is 5.89 Å². The molecule has 2 aliphatic heterocycles. The van der Waals surface area contributed by atoms with Crippen LogP contribution in [0.15, 0.2) is 4.52 Å². The second-order valence-electron chi connectivity index (χ2n) is 4.64. The van der Waals surface area contributed by atoms with Gasteiger partial charge in [0.1, 0.15) is 0 Å². The van der Waals surface area contributed by atoms with Crippen LogP contribution in [0.25, 0.3) is 0 Å². The summed E-state index contributed by atoms with van der Waals surface area (Å²) in [5, 5.41) is 7.38. The Morgan fingerprint density at radius 2 is 2.24 bits per heavy atom. The maximum absolute atomic E-state index is 5.32. The first-order valence-corrected chi connectivity index (χ1v) is 6.25. The highest BCUT2D eigenvalue weighted by atomic mass is 16.5. The van der Waals surface area contributed by atoms with Gasteiger partial charge in [-0.1, -0.05) is 5.16 Å². The fourth-order valence-corrected chi connectivity index (χ4v) is 2.30. The van der Waals surface area contributed by atoms with E-state index < -0.39 is 0 Å². The van der Waals surface area contributed by atoms with Crippen LogP contribution in [0.5, 0.6) is 0 Å². The van der Waals surface area contributed by atoms with Gasteiger partial charge in [-0.3, -0.25) is 4.90 Å². The summed E-state index contributed by atoms with van der Waals surface area (Å²) < 4.78 is 10.6. The van der Waals surface area contributed by atoms with Crippen LogP contribution < -0.4 is 5.32 Å². The quantitative estimate of drug-likeness (QED) is 0.798. The predicted octanol–water partition coefficient (Wildman–Crippen LogP) is -0.0213. The van der Waals surface area contributed by atoms with Crippen molar-refractivity contribution in [1.29, 1.82) is 0 Å². The summed E-state index contributed by atoms with van der Waals surface area (Å²) in [6, 6.07) is 0. The van der Waals surface area contributed by atoms with Gasteiger partial charge in [0, 0.05) is 32.8 Å². The van der Waals surface area contributed by atoms with E-state index in [0.29, 0.717) is 5.92 Å². The van der Waals surface area contributed by atoms with Crippen molar-refractivity contribution in [3.8, 4) is 0 Å². The van der Waals surface area contributed by atoms with Gasteiger partial charge in [-0.2, -0.15) is 4.98 Å². The Morgan fingerprint density at radius 1 is 1.35 bits per heavy atom. The fourth-order valence-electron chi connectivity index (χ4n) is 2.30. The Balaban J connectivity index is 1.59. The van der Waals surface area contributed by atoms with Crippen LogP contribution in [-0.4, -0.2) is 54.4 Å². The zero-order chi connectivity index (χ0) is 11.5. The van der Waals surface area contributed by atoms with Crippen molar-refractivity contribution in [2.45, 2.75) is 18.9 Å². The Labute approximate surface area is 100 Å². The van der Waals surface area contributed by atoms with E-state index in [1.54, 1.807) is 0 Å². The van der Waals surface area contributed by atoms with Crippen molar-refractivity contribution in [3.63, 3.8) is 0 Å². The molecule has 6 heteroatoms. The van der Waals surface area contributed by atoms with Gasteiger partial charge in [0.25, 0.3) is 0 Å². The van der Waals surface area contributed by atoms with Crippen molar-refractivity contribution in [2.24, 2.45) is 0 Å². The van der Waals surface area contributed by atoms with Crippen LogP contribution in [0.4, 0.5) is 0 Å². The molecule has 0 aromatic carbocycles. The van der Waals surface area contributed by atoms with E-state index in [2.05, 4.69) is 20.4 Å². The Kier molecular flexibility index (Phi) is 3.35. The highest BCUT2D eigenvalue weighted by Crippen LogP contribution is 2.23. The SMILES string of the molecule is C1CN(Cc2noc(C3CCOC3)n2)CCN1. The number of rotatable bonds is 3. The van der Waals surface area contributed by atoms with Gasteiger partial charge in [-0.15, -0.1) is 0 Å². The summed E-state index contributed by atoms with van der Waals surface area (Å²) >= 11 is 0. The maximum Gasteiger partial charge on any atom is 0.232 e. The van der Waals surface area contributed by atoms with Crippen LogP contribution in [0, 0.1) is 0 Å². The Morgan fingerprint density at radius 3 is 3.00 bits per heavy atom. The van der Waals surface area contributed by atoms with Crippen LogP contribution in [0.2, 0.25) is 0 Å². The number of nitrogens with zero attached hydrogens (tertiary/aromatic N) is 3. The molecule has 1 unspecified atom stereocenters. The predicted molar refractivity (Wildman–Crippen MR) is 60.6 cm³/mol. The van der Waals surface area contributed by atoms with E-state index in [1.165, 1.54) is 0 Å². The molecule has 0 saturated carbocycles. The third kappa shape index (κ3) is 2.65. The minimum absolute atomic E-state index is 0.305. The number of hydrogen-bond acceptors (Lipinski definition) is 6. The first-order chi connectivity index (χ1) is 8.42. The molecule has 0 bridgehead atoms. The normalized spacial score (nSPS) is 26.5. The molecule has 3 rings (SSSR count). The molecule has 0 spiro atoms. The summed E-state index contributed by atoms with van der Waals surface area (Å²) in [5.74, 6) is 1.85. The fraction of sp³-hybridized carbons (Fsp3) is 0.818. The molecule has 2 saturated heterocycles. The standard InChI is InChI=1S/C11H18N4O2/c1-6-16-8-9(1)11-13-10(14-17-11)7-15-4-2-12-3-5-15/h9,12H,1-8H2. The lowest BCUT2D eigenvalue weighted by molar-refractivity contribution is 0.189. The summed E-state index contributed by atoms with van der Waals surface area (Å²) in [5.41, 5.74) is 0. The van der Waals surface area contributed by atoms with Crippen LogP contribution in [-0.2, 0) is 11.3 Å². The van der Waals surface area contributed by atoms with Crippen molar-refractivity contribution in [2.75, 3.05) is 39.4 Å². The van der Waals surface area contributed by atoms with Crippen molar-refractivity contribution in [1.82, 2.24) is 20.4 Å². The number of piperazine rings is 1. The third-order valence-corrected chi connectivity index (χ3v) is 3.34. The molecule has 0 amide bonds. The molecule has 6 nitrogen and oxygen atoms in total. The van der Waals surface area contributed by atoms with Gasteiger partial charge < -0.3 is 14.6 Å². The average Bonchev–Trinajstić information content (AvgIpc) is 3.00. The van der Waals surface area contributed by atoms with E-state index >= 15 is 0 Å². The molecule has 1 atom stereocenters. The van der Waals surface area contributed by atoms with Gasteiger partial charge in [-0.05, 0) is 6.42 Å². The lowest BCUT2D eigenvalue weighted by Crippen LogP contribution is -2.43. The second-order valence-corrected chi connectivity index (χ2v) is 4.64. The molecule has 1 aromatic rings. The molecule has 1 N–H and O–H groups in total. The minimum Gasteiger partial charge on any atom is -0.381 e. The number of hydrogen-bond donors (Lipinski definition) is 1. The zero-order valence-corrected chi connectivity index (χ0v) is 9.89. The monoisotopic (exact) mass is 238 g/mol. The number of nitrogens with one attached hydrogen (secondary N) is 1. The molecule has 3 heterocycles. The lowest BCUT2D eigenvalue weighted by atomic mass is 10.1. The second kappa shape index (κ2) is 5.12. The molecule has 17 heavy (non-hydrogen) atoms. The van der Waals surface area contributed by atoms with Crippen LogP contribution in [0.1, 0.15) is 24.1 Å². The molecule has 94 valence electrons. The third-order valence-electron chi connectivity index (χ3n) is 3.34. The van der Waals surface area contributed by atoms with Crippen molar-refractivity contribution in [3.05, 3.63) is 11.7 Å². The molecular formula is C11H18N4O2. The average molecular weight is 238 g/mol. The lowest BCUT2D eigenvalue weighted by Gasteiger charge is -2.25.